The zero-order valence-corrected chi connectivity index (χ0v) is 12.3. The number of nitrogens with one attached hydrogen (secondary N) is 1. The number of rotatable bonds is 5. The van der Waals surface area contributed by atoms with Gasteiger partial charge in [-0.1, -0.05) is 25.1 Å². The Bertz CT molecular complexity index is 543. The molecular weight excluding hydrogens is 234 g/mol. The van der Waals surface area contributed by atoms with Crippen LogP contribution in [0, 0.1) is 13.8 Å². The molecule has 0 aliphatic carbocycles. The summed E-state index contributed by atoms with van der Waals surface area (Å²) < 4.78 is 2.00. The van der Waals surface area contributed by atoms with Crippen molar-refractivity contribution in [2.24, 2.45) is 7.05 Å². The topological polar surface area (TPSA) is 29.9 Å². The van der Waals surface area contributed by atoms with E-state index in [-0.39, 0.29) is 6.04 Å². The molecule has 3 nitrogen and oxygen atoms in total. The van der Waals surface area contributed by atoms with Crippen molar-refractivity contribution in [3.63, 3.8) is 0 Å². The van der Waals surface area contributed by atoms with Crippen LogP contribution in [0.5, 0.6) is 0 Å². The number of aromatic nitrogens is 2. The Balaban J connectivity index is 2.39. The van der Waals surface area contributed by atoms with Crippen molar-refractivity contribution in [3.05, 3.63) is 53.1 Å². The van der Waals surface area contributed by atoms with Gasteiger partial charge in [-0.25, -0.2) is 4.98 Å². The van der Waals surface area contributed by atoms with Gasteiger partial charge in [0.1, 0.15) is 0 Å². The molecule has 3 heteroatoms. The van der Waals surface area contributed by atoms with Crippen LogP contribution in [0.4, 0.5) is 0 Å². The minimum absolute atomic E-state index is 0.182. The number of nitrogens with zero attached hydrogens (tertiary/aromatic N) is 2. The Morgan fingerprint density at radius 3 is 2.74 bits per heavy atom. The van der Waals surface area contributed by atoms with E-state index in [1.165, 1.54) is 16.7 Å². The molecule has 1 N–H and O–H groups in total. The molecule has 0 fully saturated rings. The van der Waals surface area contributed by atoms with Crippen LogP contribution in [0.2, 0.25) is 0 Å². The van der Waals surface area contributed by atoms with Crippen molar-refractivity contribution in [1.29, 1.82) is 0 Å². The Morgan fingerprint density at radius 1 is 1.32 bits per heavy atom. The molecule has 1 atom stereocenters. The number of benzene rings is 1. The fourth-order valence-electron chi connectivity index (χ4n) is 2.33. The molecule has 1 aromatic carbocycles. The van der Waals surface area contributed by atoms with Crippen molar-refractivity contribution in [3.8, 4) is 0 Å². The molecule has 0 aliphatic heterocycles. The highest BCUT2D eigenvalue weighted by atomic mass is 15.0. The van der Waals surface area contributed by atoms with E-state index in [2.05, 4.69) is 55.5 Å². The predicted molar refractivity (Wildman–Crippen MR) is 79.3 cm³/mol. The maximum atomic E-state index is 4.52. The zero-order chi connectivity index (χ0) is 13.8. The fraction of sp³-hybridized carbons (Fsp3) is 0.438. The average molecular weight is 257 g/mol. The molecule has 19 heavy (non-hydrogen) atoms. The van der Waals surface area contributed by atoms with Gasteiger partial charge >= 0.3 is 0 Å². The summed E-state index contributed by atoms with van der Waals surface area (Å²) in [6, 6.07) is 6.67. The van der Waals surface area contributed by atoms with Gasteiger partial charge in [-0.2, -0.15) is 0 Å². The quantitative estimate of drug-likeness (QED) is 0.892. The van der Waals surface area contributed by atoms with Crippen LogP contribution >= 0.6 is 0 Å². The van der Waals surface area contributed by atoms with Gasteiger partial charge < -0.3 is 9.88 Å². The second-order valence-corrected chi connectivity index (χ2v) is 5.14. The van der Waals surface area contributed by atoms with Crippen LogP contribution in [-0.2, 0) is 7.05 Å². The lowest BCUT2D eigenvalue weighted by molar-refractivity contribution is 0.585. The lowest BCUT2D eigenvalue weighted by Gasteiger charge is -2.20. The van der Waals surface area contributed by atoms with Gasteiger partial charge in [0.05, 0.1) is 18.1 Å². The van der Waals surface area contributed by atoms with E-state index >= 15 is 0 Å². The highest BCUT2D eigenvalue weighted by molar-refractivity contribution is 5.38. The van der Waals surface area contributed by atoms with Crippen LogP contribution in [0.25, 0.3) is 0 Å². The van der Waals surface area contributed by atoms with E-state index in [4.69, 9.17) is 0 Å². The van der Waals surface area contributed by atoms with Crippen molar-refractivity contribution in [2.75, 3.05) is 6.54 Å². The number of imidazole rings is 1. The first-order valence-electron chi connectivity index (χ1n) is 6.90. The zero-order valence-electron chi connectivity index (χ0n) is 12.3. The van der Waals surface area contributed by atoms with Crippen LogP contribution in [0.3, 0.4) is 0 Å². The van der Waals surface area contributed by atoms with E-state index < -0.39 is 0 Å². The van der Waals surface area contributed by atoms with Gasteiger partial charge in [0, 0.05) is 13.2 Å². The Kier molecular flexibility index (Phi) is 4.38. The third-order valence-corrected chi connectivity index (χ3v) is 3.58. The number of hydrogen-bond acceptors (Lipinski definition) is 2. The van der Waals surface area contributed by atoms with Gasteiger partial charge in [-0.05, 0) is 43.5 Å². The van der Waals surface area contributed by atoms with Gasteiger partial charge in [0.25, 0.3) is 0 Å². The molecule has 102 valence electrons. The molecule has 2 rings (SSSR count). The SMILES string of the molecule is CCCNC(c1cn(C)cn1)c1cccc(C)c1C. The lowest BCUT2D eigenvalue weighted by atomic mass is 9.95. The maximum absolute atomic E-state index is 4.52. The van der Waals surface area contributed by atoms with E-state index in [0.29, 0.717) is 0 Å². The van der Waals surface area contributed by atoms with Crippen molar-refractivity contribution >= 4 is 0 Å². The average Bonchev–Trinajstić information content (AvgIpc) is 2.81. The Morgan fingerprint density at radius 2 is 2.11 bits per heavy atom. The highest BCUT2D eigenvalue weighted by Crippen LogP contribution is 2.25. The standard InChI is InChI=1S/C16H23N3/c1-5-9-17-16(15-10-19(4)11-18-15)14-8-6-7-12(2)13(14)3/h6-8,10-11,16-17H,5,9H2,1-4H3. The predicted octanol–water partition coefficient (Wildman–Crippen LogP) is 3.13. The van der Waals surface area contributed by atoms with E-state index in [9.17, 15) is 0 Å². The van der Waals surface area contributed by atoms with Gasteiger partial charge in [0.2, 0.25) is 0 Å². The van der Waals surface area contributed by atoms with Gasteiger partial charge in [-0.15, -0.1) is 0 Å². The molecule has 0 radical (unpaired) electrons. The van der Waals surface area contributed by atoms with Crippen molar-refractivity contribution in [2.45, 2.75) is 33.2 Å². The fourth-order valence-corrected chi connectivity index (χ4v) is 2.33. The summed E-state index contributed by atoms with van der Waals surface area (Å²) in [6.07, 6.45) is 5.07. The molecule has 0 saturated heterocycles. The summed E-state index contributed by atoms with van der Waals surface area (Å²) in [5, 5.41) is 3.61. The summed E-state index contributed by atoms with van der Waals surface area (Å²) in [7, 11) is 2.01. The first-order chi connectivity index (χ1) is 9.13. The van der Waals surface area contributed by atoms with Crippen molar-refractivity contribution < 1.29 is 0 Å². The van der Waals surface area contributed by atoms with Gasteiger partial charge in [0.15, 0.2) is 0 Å². The summed E-state index contributed by atoms with van der Waals surface area (Å²) in [4.78, 5) is 4.52. The smallest absolute Gasteiger partial charge is 0.0947 e. The highest BCUT2D eigenvalue weighted by Gasteiger charge is 2.18. The minimum Gasteiger partial charge on any atom is -0.340 e. The summed E-state index contributed by atoms with van der Waals surface area (Å²) in [5.74, 6) is 0. The van der Waals surface area contributed by atoms with E-state index in [0.717, 1.165) is 18.7 Å². The van der Waals surface area contributed by atoms with Crippen LogP contribution in [0.15, 0.2) is 30.7 Å². The van der Waals surface area contributed by atoms with Crippen LogP contribution in [0.1, 0.15) is 41.8 Å². The number of aryl methyl sites for hydroxylation is 2. The van der Waals surface area contributed by atoms with Gasteiger partial charge in [-0.3, -0.25) is 0 Å². The Hall–Kier alpha value is -1.61. The summed E-state index contributed by atoms with van der Waals surface area (Å²) >= 11 is 0. The molecule has 0 amide bonds. The molecule has 0 bridgehead atoms. The van der Waals surface area contributed by atoms with Crippen LogP contribution in [-0.4, -0.2) is 16.1 Å². The van der Waals surface area contributed by atoms with E-state index in [1.807, 2.05) is 17.9 Å². The molecule has 0 aliphatic rings. The summed E-state index contributed by atoms with van der Waals surface area (Å²) in [6.45, 7) is 7.53. The lowest BCUT2D eigenvalue weighted by Crippen LogP contribution is -2.24. The second kappa shape index (κ2) is 6.02. The maximum Gasteiger partial charge on any atom is 0.0947 e. The third kappa shape index (κ3) is 3.04. The summed E-state index contributed by atoms with van der Waals surface area (Å²) in [5.41, 5.74) is 5.09. The molecular formula is C16H23N3. The normalized spacial score (nSPS) is 12.6. The molecule has 0 spiro atoms. The van der Waals surface area contributed by atoms with E-state index in [1.54, 1.807) is 0 Å². The molecule has 1 aromatic heterocycles. The first-order valence-corrected chi connectivity index (χ1v) is 6.90. The molecule has 2 aromatic rings. The number of hydrogen-bond donors (Lipinski definition) is 1. The first kappa shape index (κ1) is 13.8. The molecule has 1 unspecified atom stereocenters. The third-order valence-electron chi connectivity index (χ3n) is 3.58. The second-order valence-electron chi connectivity index (χ2n) is 5.14. The minimum atomic E-state index is 0.182. The largest absolute Gasteiger partial charge is 0.340 e. The molecule has 0 saturated carbocycles. The monoisotopic (exact) mass is 257 g/mol. The Labute approximate surface area is 115 Å². The molecule has 1 heterocycles. The van der Waals surface area contributed by atoms with Crippen LogP contribution < -0.4 is 5.32 Å². The van der Waals surface area contributed by atoms with Crippen molar-refractivity contribution in [1.82, 2.24) is 14.9 Å².